The van der Waals surface area contributed by atoms with Gasteiger partial charge < -0.3 is 0 Å². The summed E-state index contributed by atoms with van der Waals surface area (Å²) >= 11 is 0. The molecular formula is C12H14N6O2S. The molecular weight excluding hydrogens is 292 g/mol. The van der Waals surface area contributed by atoms with E-state index in [0.29, 0.717) is 11.3 Å². The van der Waals surface area contributed by atoms with Crippen molar-refractivity contribution < 1.29 is 8.42 Å². The fourth-order valence-corrected chi connectivity index (χ4v) is 3.19. The van der Waals surface area contributed by atoms with Crippen LogP contribution in [0.4, 0.5) is 5.82 Å². The molecule has 0 bridgehead atoms. The first-order valence-corrected chi connectivity index (χ1v) is 7.61. The Balaban J connectivity index is 2.07. The molecule has 0 aliphatic carbocycles. The first-order chi connectivity index (χ1) is 9.89. The van der Waals surface area contributed by atoms with E-state index in [2.05, 4.69) is 15.4 Å². The number of hydrogen-bond donors (Lipinski definition) is 0. The maximum Gasteiger partial charge on any atom is 0.265 e. The molecule has 0 amide bonds. The molecule has 110 valence electrons. The highest BCUT2D eigenvalue weighted by Crippen LogP contribution is 2.22. The van der Waals surface area contributed by atoms with Crippen molar-refractivity contribution in [3.05, 3.63) is 30.5 Å². The van der Waals surface area contributed by atoms with Crippen molar-refractivity contribution >= 4 is 26.9 Å². The van der Waals surface area contributed by atoms with Crippen molar-refractivity contribution in [2.45, 2.75) is 4.90 Å². The van der Waals surface area contributed by atoms with Crippen LogP contribution in [0.5, 0.6) is 0 Å². The number of aromatic nitrogens is 5. The number of benzene rings is 1. The molecule has 0 unspecified atom stereocenters. The second-order valence-electron chi connectivity index (χ2n) is 4.68. The molecule has 2 heterocycles. The molecule has 9 heteroatoms. The summed E-state index contributed by atoms with van der Waals surface area (Å²) < 4.78 is 29.5. The normalized spacial score (nSPS) is 12.0. The lowest BCUT2D eigenvalue weighted by molar-refractivity contribution is 0.593. The lowest BCUT2D eigenvalue weighted by Gasteiger charge is -2.16. The van der Waals surface area contributed by atoms with E-state index in [4.69, 9.17) is 0 Å². The molecule has 0 fully saturated rings. The summed E-state index contributed by atoms with van der Waals surface area (Å²) in [7, 11) is 1.28. The average Bonchev–Trinajstić information content (AvgIpc) is 3.04. The Morgan fingerprint density at radius 1 is 1.19 bits per heavy atom. The minimum Gasteiger partial charge on any atom is -0.274 e. The molecule has 0 radical (unpaired) electrons. The van der Waals surface area contributed by atoms with Crippen LogP contribution in [-0.2, 0) is 24.1 Å². The van der Waals surface area contributed by atoms with Crippen LogP contribution in [0.25, 0.3) is 11.0 Å². The molecule has 3 rings (SSSR count). The van der Waals surface area contributed by atoms with Crippen LogP contribution in [0.1, 0.15) is 0 Å². The third-order valence-electron chi connectivity index (χ3n) is 3.26. The maximum atomic E-state index is 12.6. The van der Waals surface area contributed by atoms with Crippen LogP contribution >= 0.6 is 0 Å². The van der Waals surface area contributed by atoms with Crippen molar-refractivity contribution in [1.82, 2.24) is 24.8 Å². The topological polar surface area (TPSA) is 85.9 Å². The summed E-state index contributed by atoms with van der Waals surface area (Å²) in [6.45, 7) is 0. The zero-order valence-electron chi connectivity index (χ0n) is 11.8. The third-order valence-corrected chi connectivity index (χ3v) is 5.02. The smallest absolute Gasteiger partial charge is 0.265 e. The number of sulfonamides is 1. The summed E-state index contributed by atoms with van der Waals surface area (Å²) in [4.78, 5) is 0.156. The van der Waals surface area contributed by atoms with E-state index in [1.165, 1.54) is 13.1 Å². The Kier molecular flexibility index (Phi) is 2.94. The van der Waals surface area contributed by atoms with Crippen LogP contribution in [0.3, 0.4) is 0 Å². The van der Waals surface area contributed by atoms with E-state index in [1.54, 1.807) is 47.9 Å². The van der Waals surface area contributed by atoms with Gasteiger partial charge in [-0.1, -0.05) is 5.21 Å². The quantitative estimate of drug-likeness (QED) is 0.704. The van der Waals surface area contributed by atoms with E-state index in [1.807, 2.05) is 0 Å². The van der Waals surface area contributed by atoms with Crippen LogP contribution in [-0.4, -0.2) is 40.2 Å². The van der Waals surface area contributed by atoms with Gasteiger partial charge in [-0.3, -0.25) is 8.99 Å². The summed E-state index contributed by atoms with van der Waals surface area (Å²) in [6.07, 6.45) is 1.69. The van der Waals surface area contributed by atoms with Gasteiger partial charge in [0.2, 0.25) is 0 Å². The Morgan fingerprint density at radius 3 is 2.62 bits per heavy atom. The van der Waals surface area contributed by atoms with Crippen LogP contribution in [0.15, 0.2) is 35.4 Å². The molecule has 0 spiro atoms. The van der Waals surface area contributed by atoms with Crippen molar-refractivity contribution in [2.24, 2.45) is 14.1 Å². The van der Waals surface area contributed by atoms with Gasteiger partial charge >= 0.3 is 0 Å². The number of anilines is 1. The molecule has 2 aromatic heterocycles. The van der Waals surface area contributed by atoms with Crippen molar-refractivity contribution in [2.75, 3.05) is 11.4 Å². The summed E-state index contributed by atoms with van der Waals surface area (Å²) in [6, 6.07) is 6.38. The van der Waals surface area contributed by atoms with Gasteiger partial charge in [-0.25, -0.2) is 13.1 Å². The van der Waals surface area contributed by atoms with Crippen LogP contribution in [0, 0.1) is 0 Å². The van der Waals surface area contributed by atoms with Gasteiger partial charge in [0, 0.05) is 33.4 Å². The zero-order valence-corrected chi connectivity index (χ0v) is 12.6. The van der Waals surface area contributed by atoms with Gasteiger partial charge in [-0.05, 0) is 18.2 Å². The second kappa shape index (κ2) is 4.55. The van der Waals surface area contributed by atoms with Gasteiger partial charge in [0.05, 0.1) is 10.4 Å². The fraction of sp³-hybridized carbons (Fsp3) is 0.250. The molecule has 0 saturated heterocycles. The Labute approximate surface area is 121 Å². The monoisotopic (exact) mass is 306 g/mol. The van der Waals surface area contributed by atoms with E-state index in [0.717, 1.165) is 9.82 Å². The van der Waals surface area contributed by atoms with E-state index < -0.39 is 10.0 Å². The second-order valence-corrected chi connectivity index (χ2v) is 6.65. The molecule has 0 aliphatic rings. The van der Waals surface area contributed by atoms with Gasteiger partial charge in [0.1, 0.15) is 5.52 Å². The summed E-state index contributed by atoms with van der Waals surface area (Å²) in [5.41, 5.74) is 1.31. The van der Waals surface area contributed by atoms with Gasteiger partial charge in [0.25, 0.3) is 10.0 Å². The SMILES string of the molecule is CN(c1ccn(C)n1)S(=O)(=O)c1ccc2c(c1)nnn2C. The minimum atomic E-state index is -3.68. The van der Waals surface area contributed by atoms with E-state index >= 15 is 0 Å². The predicted octanol–water partition coefficient (Wildman–Crippen LogP) is 0.527. The number of aryl methyl sites for hydroxylation is 2. The molecule has 0 aliphatic heterocycles. The maximum absolute atomic E-state index is 12.6. The first kappa shape index (κ1) is 13.6. The Morgan fingerprint density at radius 2 is 1.95 bits per heavy atom. The van der Waals surface area contributed by atoms with Gasteiger partial charge in [0.15, 0.2) is 5.82 Å². The first-order valence-electron chi connectivity index (χ1n) is 6.17. The fourth-order valence-electron chi connectivity index (χ4n) is 2.03. The lowest BCUT2D eigenvalue weighted by atomic mass is 10.3. The minimum absolute atomic E-state index is 0.156. The Hall–Kier alpha value is -2.42. The highest BCUT2D eigenvalue weighted by atomic mass is 32.2. The lowest BCUT2D eigenvalue weighted by Crippen LogP contribution is -2.27. The van der Waals surface area contributed by atoms with Gasteiger partial charge in [-0.15, -0.1) is 5.10 Å². The Bertz CT molecular complexity index is 911. The average molecular weight is 306 g/mol. The molecule has 3 aromatic rings. The standard InChI is InChI=1S/C12H14N6O2S/c1-16-7-6-12(14-16)18(3)21(19,20)9-4-5-11-10(8-9)13-15-17(11)2/h4-8H,1-3H3. The van der Waals surface area contributed by atoms with E-state index in [-0.39, 0.29) is 4.90 Å². The van der Waals surface area contributed by atoms with Crippen molar-refractivity contribution in [1.29, 1.82) is 0 Å². The van der Waals surface area contributed by atoms with Crippen LogP contribution < -0.4 is 4.31 Å². The predicted molar refractivity (Wildman–Crippen MR) is 77.3 cm³/mol. The summed E-state index contributed by atoms with van der Waals surface area (Å²) in [5, 5.41) is 11.9. The van der Waals surface area contributed by atoms with Crippen molar-refractivity contribution in [3.8, 4) is 0 Å². The highest BCUT2D eigenvalue weighted by molar-refractivity contribution is 7.92. The molecule has 0 saturated carbocycles. The summed E-state index contributed by atoms with van der Waals surface area (Å²) in [5.74, 6) is 0.358. The third kappa shape index (κ3) is 2.15. The molecule has 0 N–H and O–H groups in total. The van der Waals surface area contributed by atoms with Crippen molar-refractivity contribution in [3.63, 3.8) is 0 Å². The highest BCUT2D eigenvalue weighted by Gasteiger charge is 2.23. The van der Waals surface area contributed by atoms with Gasteiger partial charge in [-0.2, -0.15) is 5.10 Å². The molecule has 0 atom stereocenters. The molecule has 21 heavy (non-hydrogen) atoms. The number of nitrogens with zero attached hydrogens (tertiary/aromatic N) is 6. The number of rotatable bonds is 3. The number of fused-ring (bicyclic) bond motifs is 1. The number of hydrogen-bond acceptors (Lipinski definition) is 5. The van der Waals surface area contributed by atoms with E-state index in [9.17, 15) is 8.42 Å². The van der Waals surface area contributed by atoms with Crippen LogP contribution in [0.2, 0.25) is 0 Å². The molecule has 1 aromatic carbocycles. The largest absolute Gasteiger partial charge is 0.274 e. The molecule has 8 nitrogen and oxygen atoms in total. The zero-order chi connectivity index (χ0) is 15.2.